The zero-order valence-corrected chi connectivity index (χ0v) is 12.0. The number of carbonyl (C=O) groups excluding carboxylic acids is 1. The summed E-state index contributed by atoms with van der Waals surface area (Å²) < 4.78 is 4.77. The molecule has 1 aromatic carbocycles. The average Bonchev–Trinajstić information content (AvgIpc) is 3.01. The number of hydrogen-bond donors (Lipinski definition) is 1. The van der Waals surface area contributed by atoms with Gasteiger partial charge in [-0.05, 0) is 18.4 Å². The Labute approximate surface area is 120 Å². The molecule has 0 radical (unpaired) electrons. The molecule has 0 amide bonds. The lowest BCUT2D eigenvalue weighted by molar-refractivity contribution is -0.142. The van der Waals surface area contributed by atoms with Crippen LogP contribution in [0, 0.1) is 0 Å². The fraction of sp³-hybridized carbons (Fsp3) is 0.562. The van der Waals surface area contributed by atoms with E-state index in [9.17, 15) is 9.90 Å². The number of carbonyl (C=O) groups is 1. The molecular formula is C16H23NO3. The Kier molecular flexibility index (Phi) is 5.56. The molecule has 4 heteroatoms. The smallest absolute Gasteiger partial charge is 0.319 e. The van der Waals surface area contributed by atoms with E-state index in [4.69, 9.17) is 4.74 Å². The topological polar surface area (TPSA) is 49.8 Å². The number of aliphatic hydroxyl groups excluding tert-OH is 1. The molecule has 4 nitrogen and oxygen atoms in total. The molecule has 1 fully saturated rings. The van der Waals surface area contributed by atoms with E-state index in [-0.39, 0.29) is 12.5 Å². The van der Waals surface area contributed by atoms with E-state index in [0.717, 1.165) is 18.4 Å². The number of benzene rings is 1. The van der Waals surface area contributed by atoms with Crippen molar-refractivity contribution in [3.63, 3.8) is 0 Å². The minimum Gasteiger partial charge on any atom is -0.468 e. The second kappa shape index (κ2) is 7.41. The number of nitrogens with zero attached hydrogens (tertiary/aromatic N) is 1. The van der Waals surface area contributed by atoms with Gasteiger partial charge in [0, 0.05) is 12.6 Å². The van der Waals surface area contributed by atoms with Gasteiger partial charge in [-0.3, -0.25) is 9.69 Å². The summed E-state index contributed by atoms with van der Waals surface area (Å²) in [7, 11) is 1.41. The van der Waals surface area contributed by atoms with Gasteiger partial charge >= 0.3 is 5.97 Å². The Bertz CT molecular complexity index is 415. The van der Waals surface area contributed by atoms with Crippen LogP contribution < -0.4 is 0 Å². The Morgan fingerprint density at radius 1 is 1.35 bits per heavy atom. The van der Waals surface area contributed by atoms with Gasteiger partial charge in [0.25, 0.3) is 0 Å². The minimum atomic E-state index is -0.568. The van der Waals surface area contributed by atoms with Gasteiger partial charge in [0.05, 0.1) is 19.8 Å². The maximum atomic E-state index is 11.6. The van der Waals surface area contributed by atoms with Gasteiger partial charge in [-0.1, -0.05) is 43.2 Å². The third kappa shape index (κ3) is 4.05. The molecular weight excluding hydrogens is 254 g/mol. The van der Waals surface area contributed by atoms with Crippen molar-refractivity contribution in [3.8, 4) is 0 Å². The van der Waals surface area contributed by atoms with Gasteiger partial charge in [-0.2, -0.15) is 0 Å². The summed E-state index contributed by atoms with van der Waals surface area (Å²) in [5, 5.41) is 10.3. The van der Waals surface area contributed by atoms with E-state index in [1.807, 2.05) is 30.3 Å². The van der Waals surface area contributed by atoms with Crippen LogP contribution >= 0.6 is 0 Å². The summed E-state index contributed by atoms with van der Waals surface area (Å²) in [6, 6.07) is 9.97. The summed E-state index contributed by atoms with van der Waals surface area (Å²) in [5.74, 6) is -0.239. The summed E-state index contributed by atoms with van der Waals surface area (Å²) in [5.41, 5.74) is 0.889. The van der Waals surface area contributed by atoms with Crippen LogP contribution in [-0.2, 0) is 9.53 Å². The van der Waals surface area contributed by atoms with Crippen molar-refractivity contribution in [2.75, 3.05) is 20.2 Å². The molecule has 1 aliphatic rings. The van der Waals surface area contributed by atoms with Crippen molar-refractivity contribution in [1.82, 2.24) is 4.90 Å². The van der Waals surface area contributed by atoms with Crippen LogP contribution in [0.2, 0.25) is 0 Å². The third-order valence-corrected chi connectivity index (χ3v) is 3.99. The predicted molar refractivity (Wildman–Crippen MR) is 77.2 cm³/mol. The van der Waals surface area contributed by atoms with Gasteiger partial charge < -0.3 is 9.84 Å². The van der Waals surface area contributed by atoms with E-state index in [2.05, 4.69) is 4.90 Å². The van der Waals surface area contributed by atoms with Crippen LogP contribution in [0.5, 0.6) is 0 Å². The number of esters is 1. The molecule has 0 spiro atoms. The van der Waals surface area contributed by atoms with E-state index >= 15 is 0 Å². The molecule has 110 valence electrons. The second-order valence-electron chi connectivity index (χ2n) is 5.37. The maximum absolute atomic E-state index is 11.6. The SMILES string of the molecule is COC(=O)CN(CC(O)c1ccccc1)C1CCCC1. The van der Waals surface area contributed by atoms with E-state index < -0.39 is 6.10 Å². The van der Waals surface area contributed by atoms with Crippen molar-refractivity contribution in [1.29, 1.82) is 0 Å². The van der Waals surface area contributed by atoms with Crippen LogP contribution in [0.1, 0.15) is 37.4 Å². The Balaban J connectivity index is 2.00. The lowest BCUT2D eigenvalue weighted by atomic mass is 10.1. The Morgan fingerprint density at radius 2 is 2.00 bits per heavy atom. The fourth-order valence-corrected chi connectivity index (χ4v) is 2.85. The second-order valence-corrected chi connectivity index (χ2v) is 5.37. The van der Waals surface area contributed by atoms with Crippen LogP contribution in [0.3, 0.4) is 0 Å². The van der Waals surface area contributed by atoms with Gasteiger partial charge in [0.1, 0.15) is 0 Å². The first-order valence-electron chi connectivity index (χ1n) is 7.24. The van der Waals surface area contributed by atoms with Crippen LogP contribution in [0.15, 0.2) is 30.3 Å². The zero-order valence-electron chi connectivity index (χ0n) is 12.0. The van der Waals surface area contributed by atoms with E-state index in [1.165, 1.54) is 20.0 Å². The third-order valence-electron chi connectivity index (χ3n) is 3.99. The summed E-state index contributed by atoms with van der Waals surface area (Å²) in [6.07, 6.45) is 4.02. The first-order chi connectivity index (χ1) is 9.70. The molecule has 0 heterocycles. The molecule has 1 unspecified atom stereocenters. The predicted octanol–water partition coefficient (Wildman–Crippen LogP) is 2.14. The number of methoxy groups -OCH3 is 1. The molecule has 0 aliphatic heterocycles. The quantitative estimate of drug-likeness (QED) is 0.809. The highest BCUT2D eigenvalue weighted by molar-refractivity contribution is 5.71. The molecule has 0 bridgehead atoms. The summed E-state index contributed by atoms with van der Waals surface area (Å²) >= 11 is 0. The van der Waals surface area contributed by atoms with Crippen LogP contribution in [-0.4, -0.2) is 42.2 Å². The number of aliphatic hydroxyl groups is 1. The standard InChI is InChI=1S/C16H23NO3/c1-20-16(19)12-17(14-9-5-6-10-14)11-15(18)13-7-3-2-4-8-13/h2-4,7-8,14-15,18H,5-6,9-12H2,1H3. The lowest BCUT2D eigenvalue weighted by Crippen LogP contribution is -2.40. The zero-order chi connectivity index (χ0) is 14.4. The molecule has 0 aromatic heterocycles. The number of ether oxygens (including phenoxy) is 1. The van der Waals surface area contributed by atoms with Gasteiger partial charge in [0.15, 0.2) is 0 Å². The average molecular weight is 277 g/mol. The van der Waals surface area contributed by atoms with Gasteiger partial charge in [0.2, 0.25) is 0 Å². The molecule has 1 N–H and O–H groups in total. The van der Waals surface area contributed by atoms with Crippen LogP contribution in [0.25, 0.3) is 0 Å². The Morgan fingerprint density at radius 3 is 2.60 bits per heavy atom. The highest BCUT2D eigenvalue weighted by Crippen LogP contribution is 2.25. The molecule has 1 aliphatic carbocycles. The van der Waals surface area contributed by atoms with Gasteiger partial charge in [-0.25, -0.2) is 0 Å². The van der Waals surface area contributed by atoms with Crippen molar-refractivity contribution in [2.45, 2.75) is 37.8 Å². The van der Waals surface area contributed by atoms with Crippen molar-refractivity contribution >= 4 is 5.97 Å². The maximum Gasteiger partial charge on any atom is 0.319 e. The number of hydrogen-bond acceptors (Lipinski definition) is 4. The fourth-order valence-electron chi connectivity index (χ4n) is 2.85. The van der Waals surface area contributed by atoms with E-state index in [0.29, 0.717) is 12.6 Å². The van der Waals surface area contributed by atoms with Gasteiger partial charge in [-0.15, -0.1) is 0 Å². The normalized spacial score (nSPS) is 17.4. The highest BCUT2D eigenvalue weighted by Gasteiger charge is 2.26. The monoisotopic (exact) mass is 277 g/mol. The molecule has 0 saturated heterocycles. The van der Waals surface area contributed by atoms with Crippen LogP contribution in [0.4, 0.5) is 0 Å². The highest BCUT2D eigenvalue weighted by atomic mass is 16.5. The molecule has 2 rings (SSSR count). The van der Waals surface area contributed by atoms with Crippen molar-refractivity contribution in [2.24, 2.45) is 0 Å². The largest absolute Gasteiger partial charge is 0.468 e. The van der Waals surface area contributed by atoms with Crippen molar-refractivity contribution < 1.29 is 14.6 Å². The molecule has 1 atom stereocenters. The Hall–Kier alpha value is -1.39. The minimum absolute atomic E-state index is 0.239. The summed E-state index contributed by atoms with van der Waals surface area (Å²) in [4.78, 5) is 13.6. The van der Waals surface area contributed by atoms with E-state index in [1.54, 1.807) is 0 Å². The first kappa shape index (κ1) is 15.0. The van der Waals surface area contributed by atoms with Crippen molar-refractivity contribution in [3.05, 3.63) is 35.9 Å². The lowest BCUT2D eigenvalue weighted by Gasteiger charge is -2.29. The molecule has 20 heavy (non-hydrogen) atoms. The molecule has 1 saturated carbocycles. The summed E-state index contributed by atoms with van der Waals surface area (Å²) in [6.45, 7) is 0.731. The molecule has 1 aromatic rings. The first-order valence-corrected chi connectivity index (χ1v) is 7.24. The number of rotatable bonds is 6.